The highest BCUT2D eigenvalue weighted by Gasteiger charge is 2.13. The number of hydrogen-bond donors (Lipinski definition) is 2. The summed E-state index contributed by atoms with van der Waals surface area (Å²) < 4.78 is 2.33. The van der Waals surface area contributed by atoms with Crippen LogP contribution in [0.4, 0.5) is 0 Å². The van der Waals surface area contributed by atoms with Crippen LogP contribution in [0.25, 0.3) is 0 Å². The summed E-state index contributed by atoms with van der Waals surface area (Å²) in [6.45, 7) is 0. The quantitative estimate of drug-likeness (QED) is 0.452. The number of hydrazine groups is 1. The van der Waals surface area contributed by atoms with Gasteiger partial charge in [0.05, 0.1) is 6.04 Å². The van der Waals surface area contributed by atoms with Crippen molar-refractivity contribution in [1.29, 1.82) is 0 Å². The average molecular weight is 417 g/mol. The molecule has 3 N–H and O–H groups in total. The van der Waals surface area contributed by atoms with Crippen LogP contribution in [-0.4, -0.2) is 0 Å². The summed E-state index contributed by atoms with van der Waals surface area (Å²) in [7, 11) is 0. The normalized spacial score (nSPS) is 12.4. The minimum Gasteiger partial charge on any atom is -0.271 e. The largest absolute Gasteiger partial charge is 0.271 e. The first-order valence-corrected chi connectivity index (χ1v) is 7.53. The summed E-state index contributed by atoms with van der Waals surface area (Å²) in [6.07, 6.45) is 0.871. The lowest BCUT2D eigenvalue weighted by Crippen LogP contribution is -2.29. The van der Waals surface area contributed by atoms with Gasteiger partial charge in [0.25, 0.3) is 0 Å². The van der Waals surface area contributed by atoms with Crippen molar-refractivity contribution < 1.29 is 0 Å². The van der Waals surface area contributed by atoms with Crippen molar-refractivity contribution in [3.8, 4) is 0 Å². The number of nitrogens with two attached hydrogens (primary N) is 1. The number of hydrogen-bond acceptors (Lipinski definition) is 2. The summed E-state index contributed by atoms with van der Waals surface area (Å²) in [5.74, 6) is 5.68. The Hall–Kier alpha value is -0.430. The molecule has 18 heavy (non-hydrogen) atoms. The molecule has 1 atom stereocenters. The van der Waals surface area contributed by atoms with Crippen LogP contribution in [0, 0.1) is 3.57 Å². The molecule has 0 fully saturated rings. The van der Waals surface area contributed by atoms with Crippen LogP contribution in [0.15, 0.2) is 53.0 Å². The highest BCUT2D eigenvalue weighted by atomic mass is 127. The van der Waals surface area contributed by atoms with Crippen molar-refractivity contribution in [2.45, 2.75) is 12.5 Å². The predicted octanol–water partition coefficient (Wildman–Crippen LogP) is 3.80. The van der Waals surface area contributed by atoms with Crippen LogP contribution in [0.2, 0.25) is 0 Å². The van der Waals surface area contributed by atoms with Crippen LogP contribution in [0.1, 0.15) is 17.2 Å². The fourth-order valence-corrected chi connectivity index (χ4v) is 2.79. The molecule has 94 valence electrons. The summed E-state index contributed by atoms with van der Waals surface area (Å²) in [5.41, 5.74) is 5.34. The molecule has 1 unspecified atom stereocenters. The van der Waals surface area contributed by atoms with E-state index in [1.165, 1.54) is 14.7 Å². The van der Waals surface area contributed by atoms with Crippen molar-refractivity contribution in [3.05, 3.63) is 67.7 Å². The first kappa shape index (κ1) is 14.0. The zero-order chi connectivity index (χ0) is 13.0. The van der Waals surface area contributed by atoms with Gasteiger partial charge in [-0.15, -0.1) is 0 Å². The van der Waals surface area contributed by atoms with Crippen LogP contribution < -0.4 is 11.3 Å². The molecule has 0 heterocycles. The number of halogens is 2. The lowest BCUT2D eigenvalue weighted by Gasteiger charge is -2.18. The first-order chi connectivity index (χ1) is 8.70. The maximum Gasteiger partial charge on any atom is 0.0511 e. The van der Waals surface area contributed by atoms with E-state index in [2.05, 4.69) is 74.3 Å². The number of nitrogens with one attached hydrogen (secondary N) is 1. The van der Waals surface area contributed by atoms with Gasteiger partial charge in [-0.1, -0.05) is 46.3 Å². The molecule has 0 saturated heterocycles. The minimum absolute atomic E-state index is 0.112. The van der Waals surface area contributed by atoms with Gasteiger partial charge < -0.3 is 0 Å². The van der Waals surface area contributed by atoms with Gasteiger partial charge in [0.1, 0.15) is 0 Å². The lowest BCUT2D eigenvalue weighted by atomic mass is 9.99. The molecular formula is C14H14BrIN2. The molecular weight excluding hydrogens is 403 g/mol. The Morgan fingerprint density at radius 3 is 2.39 bits per heavy atom. The van der Waals surface area contributed by atoms with Gasteiger partial charge in [-0.3, -0.25) is 11.3 Å². The number of benzene rings is 2. The van der Waals surface area contributed by atoms with E-state index in [1.54, 1.807) is 0 Å². The van der Waals surface area contributed by atoms with Crippen LogP contribution >= 0.6 is 38.5 Å². The third-order valence-electron chi connectivity index (χ3n) is 2.83. The molecule has 0 spiro atoms. The fourth-order valence-electron chi connectivity index (χ4n) is 1.87. The molecule has 0 amide bonds. The van der Waals surface area contributed by atoms with Crippen LogP contribution in [0.5, 0.6) is 0 Å². The molecule has 0 bridgehead atoms. The van der Waals surface area contributed by atoms with Crippen molar-refractivity contribution in [3.63, 3.8) is 0 Å². The smallest absolute Gasteiger partial charge is 0.0511 e. The van der Waals surface area contributed by atoms with E-state index in [9.17, 15) is 0 Å². The van der Waals surface area contributed by atoms with E-state index < -0.39 is 0 Å². The van der Waals surface area contributed by atoms with E-state index in [0.717, 1.165) is 10.9 Å². The predicted molar refractivity (Wildman–Crippen MR) is 87.1 cm³/mol. The van der Waals surface area contributed by atoms with E-state index in [4.69, 9.17) is 5.84 Å². The fraction of sp³-hybridized carbons (Fsp3) is 0.143. The summed E-state index contributed by atoms with van der Waals surface area (Å²) >= 11 is 5.87. The van der Waals surface area contributed by atoms with Crippen molar-refractivity contribution >= 4 is 38.5 Å². The Balaban J connectivity index is 2.20. The van der Waals surface area contributed by atoms with Gasteiger partial charge in [0, 0.05) is 8.04 Å². The Bertz CT molecular complexity index is 513. The standard InChI is InChI=1S/C14H14BrIN2/c15-13-4-2-1-3-12(13)14(18-17)9-10-5-7-11(16)8-6-10/h1-8,14,18H,9,17H2. The second-order valence-corrected chi connectivity index (χ2v) is 6.17. The molecule has 2 rings (SSSR count). The van der Waals surface area contributed by atoms with Crippen LogP contribution in [-0.2, 0) is 6.42 Å². The molecule has 2 aromatic carbocycles. The molecule has 0 saturated carbocycles. The van der Waals surface area contributed by atoms with E-state index in [-0.39, 0.29) is 6.04 Å². The Kier molecular flexibility index (Phi) is 5.17. The molecule has 0 aliphatic heterocycles. The first-order valence-electron chi connectivity index (χ1n) is 5.65. The van der Waals surface area contributed by atoms with Gasteiger partial charge in [-0.2, -0.15) is 0 Å². The number of rotatable bonds is 4. The Morgan fingerprint density at radius 2 is 1.78 bits per heavy atom. The van der Waals surface area contributed by atoms with Crippen LogP contribution in [0.3, 0.4) is 0 Å². The Morgan fingerprint density at radius 1 is 1.11 bits per heavy atom. The zero-order valence-corrected chi connectivity index (χ0v) is 13.5. The lowest BCUT2D eigenvalue weighted by molar-refractivity contribution is 0.550. The topological polar surface area (TPSA) is 38.0 Å². The third-order valence-corrected chi connectivity index (χ3v) is 4.28. The maximum atomic E-state index is 5.68. The average Bonchev–Trinajstić information content (AvgIpc) is 2.39. The highest BCUT2D eigenvalue weighted by Crippen LogP contribution is 2.25. The van der Waals surface area contributed by atoms with Crippen molar-refractivity contribution in [2.75, 3.05) is 0 Å². The SMILES string of the molecule is NNC(Cc1ccc(I)cc1)c1ccccc1Br. The van der Waals surface area contributed by atoms with E-state index in [0.29, 0.717) is 0 Å². The molecule has 0 radical (unpaired) electrons. The molecule has 4 heteroatoms. The molecule has 0 aromatic heterocycles. The monoisotopic (exact) mass is 416 g/mol. The Labute approximate surface area is 129 Å². The molecule has 2 aromatic rings. The summed E-state index contributed by atoms with van der Waals surface area (Å²) in [6, 6.07) is 16.8. The van der Waals surface area contributed by atoms with Gasteiger partial charge in [0.15, 0.2) is 0 Å². The third kappa shape index (κ3) is 3.54. The molecule has 0 aliphatic carbocycles. The van der Waals surface area contributed by atoms with Gasteiger partial charge in [-0.05, 0) is 58.3 Å². The van der Waals surface area contributed by atoms with Gasteiger partial charge in [-0.25, -0.2) is 0 Å². The minimum atomic E-state index is 0.112. The van der Waals surface area contributed by atoms with Crippen molar-refractivity contribution in [1.82, 2.24) is 5.43 Å². The second-order valence-electron chi connectivity index (χ2n) is 4.07. The zero-order valence-electron chi connectivity index (χ0n) is 9.74. The van der Waals surface area contributed by atoms with E-state index >= 15 is 0 Å². The van der Waals surface area contributed by atoms with E-state index in [1.807, 2.05) is 18.2 Å². The summed E-state index contributed by atoms with van der Waals surface area (Å²) in [4.78, 5) is 0. The maximum absolute atomic E-state index is 5.68. The van der Waals surface area contributed by atoms with Gasteiger partial charge >= 0.3 is 0 Å². The van der Waals surface area contributed by atoms with Gasteiger partial charge in [0.2, 0.25) is 0 Å². The van der Waals surface area contributed by atoms with Crippen molar-refractivity contribution in [2.24, 2.45) is 5.84 Å². The second kappa shape index (κ2) is 6.65. The molecule has 2 nitrogen and oxygen atoms in total. The molecule has 0 aliphatic rings. The summed E-state index contributed by atoms with van der Waals surface area (Å²) in [5, 5.41) is 0. The highest BCUT2D eigenvalue weighted by molar-refractivity contribution is 14.1.